The van der Waals surface area contributed by atoms with Crippen molar-refractivity contribution >= 4 is 6.08 Å². The summed E-state index contributed by atoms with van der Waals surface area (Å²) in [5.74, 6) is 0.248. The van der Waals surface area contributed by atoms with Gasteiger partial charge in [0.15, 0.2) is 0 Å². The first-order valence-corrected chi connectivity index (χ1v) is 7.02. The van der Waals surface area contributed by atoms with Crippen LogP contribution in [0, 0.1) is 0 Å². The molecule has 2 nitrogen and oxygen atoms in total. The molecule has 20 heavy (non-hydrogen) atoms. The van der Waals surface area contributed by atoms with Crippen LogP contribution in [0.25, 0.3) is 6.08 Å². The lowest BCUT2D eigenvalue weighted by atomic mass is 9.95. The Balaban J connectivity index is 2.03. The Labute approximate surface area is 119 Å². The van der Waals surface area contributed by atoms with Crippen LogP contribution in [0.1, 0.15) is 42.5 Å². The number of nitrogens with zero attached hydrogens (tertiary/aromatic N) is 2. The van der Waals surface area contributed by atoms with Gasteiger partial charge in [-0.15, -0.1) is 0 Å². The molecule has 0 aliphatic carbocycles. The van der Waals surface area contributed by atoms with Gasteiger partial charge in [-0.3, -0.25) is 0 Å². The Hall–Kier alpha value is -2.22. The summed E-state index contributed by atoms with van der Waals surface area (Å²) in [7, 11) is 0. The van der Waals surface area contributed by atoms with Gasteiger partial charge >= 0.3 is 0 Å². The van der Waals surface area contributed by atoms with E-state index in [-0.39, 0.29) is 12.0 Å². The quantitative estimate of drug-likeness (QED) is 0.696. The Bertz CT molecular complexity index is 656. The highest BCUT2D eigenvalue weighted by molar-refractivity contribution is 5.59. The molecule has 2 atom stereocenters. The van der Waals surface area contributed by atoms with Crippen molar-refractivity contribution in [2.75, 3.05) is 0 Å². The Morgan fingerprint density at radius 1 is 0.950 bits per heavy atom. The van der Waals surface area contributed by atoms with E-state index >= 15 is 0 Å². The van der Waals surface area contributed by atoms with Gasteiger partial charge in [0.05, 0.1) is 11.7 Å². The van der Waals surface area contributed by atoms with Crippen LogP contribution in [0.2, 0.25) is 0 Å². The summed E-state index contributed by atoms with van der Waals surface area (Å²) in [4.78, 5) is 0. The van der Waals surface area contributed by atoms with E-state index in [0.29, 0.717) is 0 Å². The van der Waals surface area contributed by atoms with Gasteiger partial charge in [0.2, 0.25) is 0 Å². The van der Waals surface area contributed by atoms with Crippen molar-refractivity contribution in [2.45, 2.75) is 25.8 Å². The molecule has 0 saturated carbocycles. The number of azo groups is 1. The molecule has 0 radical (unpaired) electrons. The van der Waals surface area contributed by atoms with Gasteiger partial charge < -0.3 is 0 Å². The van der Waals surface area contributed by atoms with Gasteiger partial charge in [-0.2, -0.15) is 10.2 Å². The lowest BCUT2D eigenvalue weighted by molar-refractivity contribution is 0.738. The average Bonchev–Trinajstić information content (AvgIpc) is 2.67. The Kier molecular flexibility index (Phi) is 3.46. The van der Waals surface area contributed by atoms with Crippen LogP contribution in [-0.4, -0.2) is 0 Å². The summed E-state index contributed by atoms with van der Waals surface area (Å²) >= 11 is 0. The summed E-state index contributed by atoms with van der Waals surface area (Å²) in [6.07, 6.45) is 2.17. The zero-order valence-electron chi connectivity index (χ0n) is 11.8. The molecule has 0 spiro atoms. The van der Waals surface area contributed by atoms with Crippen molar-refractivity contribution in [2.24, 2.45) is 10.2 Å². The van der Waals surface area contributed by atoms with Gasteiger partial charge in [-0.05, 0) is 29.7 Å². The van der Waals surface area contributed by atoms with Crippen molar-refractivity contribution in [3.8, 4) is 0 Å². The third-order valence-electron chi connectivity index (χ3n) is 3.84. The van der Waals surface area contributed by atoms with E-state index in [9.17, 15) is 0 Å². The number of rotatable bonds is 2. The molecule has 2 aromatic rings. The van der Waals surface area contributed by atoms with Crippen LogP contribution >= 0.6 is 0 Å². The number of fused-ring (bicyclic) bond motifs is 1. The van der Waals surface area contributed by atoms with Crippen molar-refractivity contribution in [1.29, 1.82) is 0 Å². The molecular formula is C18H18N2. The first-order valence-electron chi connectivity index (χ1n) is 7.02. The second kappa shape index (κ2) is 5.41. The van der Waals surface area contributed by atoms with Gasteiger partial charge in [0.1, 0.15) is 0 Å². The minimum absolute atomic E-state index is 0.114. The summed E-state index contributed by atoms with van der Waals surface area (Å²) < 4.78 is 0. The fraction of sp³-hybridized carbons (Fsp3) is 0.222. The normalized spacial score (nSPS) is 18.9. The maximum atomic E-state index is 4.48. The molecule has 1 aliphatic rings. The second-order valence-corrected chi connectivity index (χ2v) is 5.22. The van der Waals surface area contributed by atoms with Crippen molar-refractivity contribution < 1.29 is 0 Å². The summed E-state index contributed by atoms with van der Waals surface area (Å²) in [6, 6.07) is 19.0. The predicted molar refractivity (Wildman–Crippen MR) is 82.5 cm³/mol. The van der Waals surface area contributed by atoms with E-state index in [0.717, 1.165) is 5.70 Å². The second-order valence-electron chi connectivity index (χ2n) is 5.22. The van der Waals surface area contributed by atoms with Crippen LogP contribution in [-0.2, 0) is 0 Å². The standard InChI is InChI=1S/C18H18N2/c1-13(15-8-4-3-5-9-15)18-12-16-10-6-7-11-17(16)14(2)19-20-18/h3-14H,1-2H3. The van der Waals surface area contributed by atoms with E-state index in [1.807, 2.05) is 6.07 Å². The molecule has 1 heterocycles. The zero-order chi connectivity index (χ0) is 13.9. The molecule has 2 aromatic carbocycles. The molecule has 0 N–H and O–H groups in total. The average molecular weight is 262 g/mol. The third-order valence-corrected chi connectivity index (χ3v) is 3.84. The van der Waals surface area contributed by atoms with E-state index in [2.05, 4.69) is 78.7 Å². The first-order chi connectivity index (χ1) is 9.75. The van der Waals surface area contributed by atoms with Crippen molar-refractivity contribution in [3.05, 3.63) is 77.0 Å². The number of hydrogen-bond donors (Lipinski definition) is 0. The molecule has 0 bridgehead atoms. The van der Waals surface area contributed by atoms with E-state index in [1.54, 1.807) is 0 Å². The molecule has 0 saturated heterocycles. The fourth-order valence-electron chi connectivity index (χ4n) is 2.55. The molecule has 100 valence electrons. The molecule has 3 rings (SSSR count). The van der Waals surface area contributed by atoms with E-state index < -0.39 is 0 Å². The smallest absolute Gasteiger partial charge is 0.0939 e. The van der Waals surface area contributed by atoms with Crippen molar-refractivity contribution in [1.82, 2.24) is 0 Å². The number of allylic oxidation sites excluding steroid dienone is 1. The molecule has 0 fully saturated rings. The zero-order valence-corrected chi connectivity index (χ0v) is 11.8. The summed E-state index contributed by atoms with van der Waals surface area (Å²) in [6.45, 7) is 4.27. The lowest BCUT2D eigenvalue weighted by Crippen LogP contribution is -1.95. The largest absolute Gasteiger partial charge is 0.181 e. The number of benzene rings is 2. The predicted octanol–water partition coefficient (Wildman–Crippen LogP) is 5.36. The lowest BCUT2D eigenvalue weighted by Gasteiger charge is -2.11. The van der Waals surface area contributed by atoms with Crippen LogP contribution < -0.4 is 0 Å². The first kappa shape index (κ1) is 12.8. The molecule has 0 aromatic heterocycles. The third kappa shape index (κ3) is 2.42. The van der Waals surface area contributed by atoms with Gasteiger partial charge in [0.25, 0.3) is 0 Å². The highest BCUT2D eigenvalue weighted by atomic mass is 15.1. The summed E-state index contributed by atoms with van der Waals surface area (Å²) in [5, 5.41) is 8.93. The molecule has 2 unspecified atom stereocenters. The van der Waals surface area contributed by atoms with Gasteiger partial charge in [-0.1, -0.05) is 61.5 Å². The van der Waals surface area contributed by atoms with Gasteiger partial charge in [-0.25, -0.2) is 0 Å². The van der Waals surface area contributed by atoms with E-state index in [1.165, 1.54) is 16.7 Å². The van der Waals surface area contributed by atoms with E-state index in [4.69, 9.17) is 0 Å². The fourth-order valence-corrected chi connectivity index (χ4v) is 2.55. The van der Waals surface area contributed by atoms with Crippen LogP contribution in [0.4, 0.5) is 0 Å². The highest BCUT2D eigenvalue weighted by Crippen LogP contribution is 2.33. The SMILES string of the molecule is CC1N=NC(C(C)c2ccccc2)=Cc2ccccc21. The van der Waals surface area contributed by atoms with Crippen LogP contribution in [0.15, 0.2) is 70.5 Å². The maximum Gasteiger partial charge on any atom is 0.0939 e. The summed E-state index contributed by atoms with van der Waals surface area (Å²) in [5.41, 5.74) is 4.76. The maximum absolute atomic E-state index is 4.48. The molecular weight excluding hydrogens is 244 g/mol. The topological polar surface area (TPSA) is 24.7 Å². The Morgan fingerprint density at radius 3 is 2.45 bits per heavy atom. The minimum Gasteiger partial charge on any atom is -0.181 e. The molecule has 2 heteroatoms. The molecule has 1 aliphatic heterocycles. The number of hydrogen-bond acceptors (Lipinski definition) is 2. The van der Waals surface area contributed by atoms with Crippen LogP contribution in [0.3, 0.4) is 0 Å². The minimum atomic E-state index is 0.114. The highest BCUT2D eigenvalue weighted by Gasteiger charge is 2.17. The monoisotopic (exact) mass is 262 g/mol. The van der Waals surface area contributed by atoms with Crippen molar-refractivity contribution in [3.63, 3.8) is 0 Å². The molecule has 0 amide bonds. The van der Waals surface area contributed by atoms with Gasteiger partial charge in [0, 0.05) is 5.92 Å². The van der Waals surface area contributed by atoms with Crippen LogP contribution in [0.5, 0.6) is 0 Å². The Morgan fingerprint density at radius 2 is 1.65 bits per heavy atom.